The molecule has 0 saturated heterocycles. The fourth-order valence-corrected chi connectivity index (χ4v) is 1.76. The van der Waals surface area contributed by atoms with Gasteiger partial charge in [0.15, 0.2) is 5.78 Å². The second-order valence-corrected chi connectivity index (χ2v) is 3.17. The van der Waals surface area contributed by atoms with Crippen molar-refractivity contribution in [2.75, 3.05) is 0 Å². The maximum atomic E-state index is 11.3. The Morgan fingerprint density at radius 1 is 1.23 bits per heavy atom. The van der Waals surface area contributed by atoms with Crippen molar-refractivity contribution >= 4 is 18.4 Å². The van der Waals surface area contributed by atoms with Crippen molar-refractivity contribution in [2.24, 2.45) is 0 Å². The van der Waals surface area contributed by atoms with Gasteiger partial charge in [0.1, 0.15) is 0 Å². The summed E-state index contributed by atoms with van der Waals surface area (Å²) in [5.74, 6) is 0.0949. The molecule has 0 fully saturated rings. The molecule has 0 aromatic heterocycles. The maximum Gasteiger partial charge on any atom is 0.488 e. The minimum Gasteiger partial charge on any atom is -0.423 e. The van der Waals surface area contributed by atoms with Crippen LogP contribution in [0, 0.1) is 0 Å². The van der Waals surface area contributed by atoms with Crippen LogP contribution in [-0.2, 0) is 6.42 Å². The van der Waals surface area contributed by atoms with Crippen LogP contribution in [0.5, 0.6) is 0 Å². The van der Waals surface area contributed by atoms with E-state index < -0.39 is 7.12 Å². The summed E-state index contributed by atoms with van der Waals surface area (Å²) in [7, 11) is -1.47. The highest BCUT2D eigenvalue weighted by molar-refractivity contribution is 6.59. The van der Waals surface area contributed by atoms with Gasteiger partial charge < -0.3 is 10.0 Å². The molecule has 0 unspecified atom stereocenters. The van der Waals surface area contributed by atoms with Gasteiger partial charge in [-0.15, -0.1) is 0 Å². The summed E-state index contributed by atoms with van der Waals surface area (Å²) in [4.78, 5) is 11.3. The van der Waals surface area contributed by atoms with E-state index in [2.05, 4.69) is 0 Å². The number of rotatable bonds is 1. The SMILES string of the molecule is O=C1CCc2c(B(O)O)cccc21. The van der Waals surface area contributed by atoms with Crippen LogP contribution in [0.2, 0.25) is 0 Å². The van der Waals surface area contributed by atoms with Crippen LogP contribution in [0.15, 0.2) is 18.2 Å². The standard InChI is InChI=1S/C9H9BO3/c11-9-5-4-6-7(9)2-1-3-8(6)10(12)13/h1-3,12-13H,4-5H2. The van der Waals surface area contributed by atoms with Crippen molar-refractivity contribution in [2.45, 2.75) is 12.8 Å². The van der Waals surface area contributed by atoms with E-state index in [1.54, 1.807) is 18.2 Å². The van der Waals surface area contributed by atoms with Crippen LogP contribution < -0.4 is 5.46 Å². The number of Topliss-reactive ketones (excluding diaryl/α,β-unsaturated/α-hetero) is 1. The van der Waals surface area contributed by atoms with Gasteiger partial charge in [0.2, 0.25) is 0 Å². The second kappa shape index (κ2) is 2.98. The fraction of sp³-hybridized carbons (Fsp3) is 0.222. The van der Waals surface area contributed by atoms with Crippen LogP contribution in [0.25, 0.3) is 0 Å². The molecule has 0 radical (unpaired) electrons. The van der Waals surface area contributed by atoms with Gasteiger partial charge in [-0.3, -0.25) is 4.79 Å². The zero-order valence-corrected chi connectivity index (χ0v) is 7.03. The third-order valence-electron chi connectivity index (χ3n) is 2.39. The smallest absolute Gasteiger partial charge is 0.423 e. The molecule has 2 N–H and O–H groups in total. The lowest BCUT2D eigenvalue weighted by molar-refractivity contribution is 0.0994. The number of ketones is 1. The Morgan fingerprint density at radius 3 is 2.69 bits per heavy atom. The van der Waals surface area contributed by atoms with Crippen molar-refractivity contribution in [1.82, 2.24) is 0 Å². The number of carbonyl (C=O) groups is 1. The topological polar surface area (TPSA) is 57.5 Å². The van der Waals surface area contributed by atoms with Crippen molar-refractivity contribution in [3.05, 3.63) is 29.3 Å². The molecule has 13 heavy (non-hydrogen) atoms. The Morgan fingerprint density at radius 2 is 2.00 bits per heavy atom. The lowest BCUT2D eigenvalue weighted by atomic mass is 9.76. The maximum absolute atomic E-state index is 11.3. The zero-order valence-electron chi connectivity index (χ0n) is 7.03. The van der Waals surface area contributed by atoms with E-state index in [1.165, 1.54) is 0 Å². The quantitative estimate of drug-likeness (QED) is 0.566. The number of hydrogen-bond donors (Lipinski definition) is 2. The lowest BCUT2D eigenvalue weighted by Crippen LogP contribution is -2.32. The molecule has 0 bridgehead atoms. The van der Waals surface area contributed by atoms with E-state index in [4.69, 9.17) is 10.0 Å². The normalized spacial score (nSPS) is 14.5. The molecular weight excluding hydrogens is 167 g/mol. The second-order valence-electron chi connectivity index (χ2n) is 3.17. The van der Waals surface area contributed by atoms with Crippen LogP contribution in [0.3, 0.4) is 0 Å². The molecular formula is C9H9BO3. The molecule has 1 aliphatic carbocycles. The zero-order chi connectivity index (χ0) is 9.42. The first-order chi connectivity index (χ1) is 6.20. The van der Waals surface area contributed by atoms with Crippen LogP contribution in [-0.4, -0.2) is 22.9 Å². The first-order valence-corrected chi connectivity index (χ1v) is 4.21. The van der Waals surface area contributed by atoms with E-state index in [9.17, 15) is 4.79 Å². The summed E-state index contributed by atoms with van der Waals surface area (Å²) < 4.78 is 0. The van der Waals surface area contributed by atoms with E-state index in [-0.39, 0.29) is 5.78 Å². The van der Waals surface area contributed by atoms with E-state index in [0.29, 0.717) is 23.9 Å². The minimum atomic E-state index is -1.47. The average Bonchev–Trinajstić information content (AvgIpc) is 2.48. The highest BCUT2D eigenvalue weighted by atomic mass is 16.4. The van der Waals surface area contributed by atoms with Gasteiger partial charge in [-0.1, -0.05) is 18.2 Å². The van der Waals surface area contributed by atoms with E-state index in [1.807, 2.05) is 0 Å². The molecule has 1 aromatic carbocycles. The molecule has 0 aliphatic heterocycles. The highest BCUT2D eigenvalue weighted by Crippen LogP contribution is 2.19. The Hall–Kier alpha value is -1.13. The Bertz CT molecular complexity index is 360. The summed E-state index contributed by atoms with van der Waals surface area (Å²) in [6, 6.07) is 5.05. The van der Waals surface area contributed by atoms with Crippen molar-refractivity contribution in [1.29, 1.82) is 0 Å². The van der Waals surface area contributed by atoms with Crippen LogP contribution in [0.4, 0.5) is 0 Å². The first kappa shape index (κ1) is 8.47. The summed E-state index contributed by atoms with van der Waals surface area (Å²) in [5.41, 5.74) is 1.90. The summed E-state index contributed by atoms with van der Waals surface area (Å²) >= 11 is 0. The summed E-state index contributed by atoms with van der Waals surface area (Å²) in [6.07, 6.45) is 1.11. The fourth-order valence-electron chi connectivity index (χ4n) is 1.76. The third kappa shape index (κ3) is 1.28. The number of carbonyl (C=O) groups excluding carboxylic acids is 1. The molecule has 66 valence electrons. The summed E-state index contributed by atoms with van der Waals surface area (Å²) in [5, 5.41) is 18.0. The largest absolute Gasteiger partial charge is 0.488 e. The predicted molar refractivity (Wildman–Crippen MR) is 48.9 cm³/mol. The predicted octanol–water partition coefficient (Wildman–Crippen LogP) is -0.505. The molecule has 0 atom stereocenters. The van der Waals surface area contributed by atoms with Crippen LogP contribution >= 0.6 is 0 Å². The highest BCUT2D eigenvalue weighted by Gasteiger charge is 2.25. The molecule has 1 aromatic rings. The molecule has 0 spiro atoms. The number of hydrogen-bond acceptors (Lipinski definition) is 3. The van der Waals surface area contributed by atoms with Gasteiger partial charge in [0.25, 0.3) is 0 Å². The molecule has 0 amide bonds. The number of fused-ring (bicyclic) bond motifs is 1. The monoisotopic (exact) mass is 176 g/mol. The number of benzene rings is 1. The van der Waals surface area contributed by atoms with Gasteiger partial charge in [0.05, 0.1) is 0 Å². The van der Waals surface area contributed by atoms with Gasteiger partial charge in [-0.25, -0.2) is 0 Å². The Balaban J connectivity index is 2.57. The van der Waals surface area contributed by atoms with Gasteiger partial charge in [-0.05, 0) is 17.4 Å². The molecule has 0 heterocycles. The van der Waals surface area contributed by atoms with Crippen molar-refractivity contribution in [3.63, 3.8) is 0 Å². The van der Waals surface area contributed by atoms with Crippen molar-refractivity contribution in [3.8, 4) is 0 Å². The van der Waals surface area contributed by atoms with Crippen LogP contribution in [0.1, 0.15) is 22.3 Å². The van der Waals surface area contributed by atoms with Gasteiger partial charge in [0, 0.05) is 12.0 Å². The molecule has 0 saturated carbocycles. The first-order valence-electron chi connectivity index (χ1n) is 4.21. The van der Waals surface area contributed by atoms with Gasteiger partial charge >= 0.3 is 7.12 Å². The molecule has 1 aliphatic rings. The molecule has 3 nitrogen and oxygen atoms in total. The van der Waals surface area contributed by atoms with Crippen molar-refractivity contribution < 1.29 is 14.8 Å². The third-order valence-corrected chi connectivity index (χ3v) is 2.39. The van der Waals surface area contributed by atoms with E-state index in [0.717, 1.165) is 5.56 Å². The Kier molecular flexibility index (Phi) is 1.94. The average molecular weight is 176 g/mol. The molecule has 4 heteroatoms. The summed E-state index contributed by atoms with van der Waals surface area (Å²) in [6.45, 7) is 0. The Labute approximate surface area is 76.2 Å². The lowest BCUT2D eigenvalue weighted by Gasteiger charge is -2.05. The van der Waals surface area contributed by atoms with Gasteiger partial charge in [-0.2, -0.15) is 0 Å². The minimum absolute atomic E-state index is 0.0949. The van der Waals surface area contributed by atoms with E-state index >= 15 is 0 Å². The molecule has 2 rings (SSSR count).